The zero-order chi connectivity index (χ0) is 8.23. The van der Waals surface area contributed by atoms with E-state index in [-0.39, 0.29) is 7.12 Å². The van der Waals surface area contributed by atoms with E-state index in [1.165, 1.54) is 32.1 Å². The molecule has 0 bridgehead atoms. The van der Waals surface area contributed by atoms with Crippen LogP contribution in [0.1, 0.15) is 38.5 Å². The highest BCUT2D eigenvalue weighted by atomic mass is 16.6. The summed E-state index contributed by atoms with van der Waals surface area (Å²) in [6, 6.07) is 0. The standard InChI is InChI=1S/C9H17BO2/c1-2-5-9(6-3-1)10-11-7-4-8-12-10/h9H,1-8H2. The minimum Gasteiger partial charge on any atom is -0.411 e. The third-order valence-corrected chi connectivity index (χ3v) is 2.89. The van der Waals surface area contributed by atoms with Crippen molar-refractivity contribution in [2.75, 3.05) is 13.2 Å². The second-order valence-electron chi connectivity index (χ2n) is 3.86. The van der Waals surface area contributed by atoms with Crippen LogP contribution in [0.25, 0.3) is 0 Å². The lowest BCUT2D eigenvalue weighted by molar-refractivity contribution is 0.122. The molecule has 0 spiro atoms. The first-order chi connectivity index (χ1) is 5.97. The molecule has 0 atom stereocenters. The van der Waals surface area contributed by atoms with Crippen LogP contribution in [0.2, 0.25) is 5.82 Å². The highest BCUT2D eigenvalue weighted by Gasteiger charge is 2.32. The molecule has 0 unspecified atom stereocenters. The third kappa shape index (κ3) is 2.02. The smallest absolute Gasteiger partial charge is 0.411 e. The van der Waals surface area contributed by atoms with Gasteiger partial charge in [-0.1, -0.05) is 32.1 Å². The van der Waals surface area contributed by atoms with Gasteiger partial charge >= 0.3 is 7.12 Å². The summed E-state index contributed by atoms with van der Waals surface area (Å²) in [6.45, 7) is 1.81. The van der Waals surface area contributed by atoms with Crippen molar-refractivity contribution in [1.29, 1.82) is 0 Å². The lowest BCUT2D eigenvalue weighted by Crippen LogP contribution is -2.35. The Morgan fingerprint density at radius 1 is 0.833 bits per heavy atom. The van der Waals surface area contributed by atoms with Crippen LogP contribution in [-0.4, -0.2) is 20.3 Å². The van der Waals surface area contributed by atoms with Gasteiger partial charge in [-0.15, -0.1) is 0 Å². The molecule has 0 aromatic rings. The van der Waals surface area contributed by atoms with Gasteiger partial charge in [0.25, 0.3) is 0 Å². The molecule has 1 aliphatic carbocycles. The van der Waals surface area contributed by atoms with Crippen molar-refractivity contribution in [1.82, 2.24) is 0 Å². The fourth-order valence-electron chi connectivity index (χ4n) is 2.18. The summed E-state index contributed by atoms with van der Waals surface area (Å²) in [5, 5.41) is 0. The maximum absolute atomic E-state index is 5.60. The molecule has 68 valence electrons. The molecule has 2 aliphatic rings. The molecule has 1 aliphatic heterocycles. The van der Waals surface area contributed by atoms with Gasteiger partial charge in [0.2, 0.25) is 0 Å². The molecule has 0 N–H and O–H groups in total. The van der Waals surface area contributed by atoms with Gasteiger partial charge in [-0.25, -0.2) is 0 Å². The molecule has 0 aromatic carbocycles. The molecule has 1 saturated heterocycles. The van der Waals surface area contributed by atoms with Gasteiger partial charge in [-0.05, 0) is 12.2 Å². The zero-order valence-corrected chi connectivity index (χ0v) is 7.63. The Hall–Kier alpha value is -0.0151. The summed E-state index contributed by atoms with van der Waals surface area (Å²) in [5.41, 5.74) is 0. The van der Waals surface area contributed by atoms with Crippen LogP contribution in [0.5, 0.6) is 0 Å². The summed E-state index contributed by atoms with van der Waals surface area (Å²) in [4.78, 5) is 0. The van der Waals surface area contributed by atoms with Crippen molar-refractivity contribution in [3.05, 3.63) is 0 Å². The van der Waals surface area contributed by atoms with E-state index in [2.05, 4.69) is 0 Å². The fraction of sp³-hybridized carbons (Fsp3) is 1.00. The number of rotatable bonds is 1. The maximum Gasteiger partial charge on any atom is 0.460 e. The molecule has 0 aromatic heterocycles. The SMILES string of the molecule is C1CCC(B2OCCCO2)CC1. The first-order valence-corrected chi connectivity index (χ1v) is 5.20. The molecule has 1 heterocycles. The van der Waals surface area contributed by atoms with Crippen molar-refractivity contribution < 1.29 is 9.31 Å². The van der Waals surface area contributed by atoms with Crippen LogP contribution in [0.15, 0.2) is 0 Å². The second kappa shape index (κ2) is 4.29. The van der Waals surface area contributed by atoms with E-state index >= 15 is 0 Å². The molecule has 0 radical (unpaired) electrons. The summed E-state index contributed by atoms with van der Waals surface area (Å²) < 4.78 is 11.2. The lowest BCUT2D eigenvalue weighted by Gasteiger charge is -2.29. The van der Waals surface area contributed by atoms with Crippen molar-refractivity contribution in [3.8, 4) is 0 Å². The third-order valence-electron chi connectivity index (χ3n) is 2.89. The van der Waals surface area contributed by atoms with Crippen LogP contribution < -0.4 is 0 Å². The van der Waals surface area contributed by atoms with Crippen LogP contribution in [0, 0.1) is 0 Å². The molecule has 2 rings (SSSR count). The Labute approximate surface area is 74.8 Å². The Balaban J connectivity index is 1.80. The van der Waals surface area contributed by atoms with Crippen LogP contribution in [-0.2, 0) is 9.31 Å². The largest absolute Gasteiger partial charge is 0.460 e. The Morgan fingerprint density at radius 2 is 1.50 bits per heavy atom. The average Bonchev–Trinajstić information content (AvgIpc) is 2.21. The molecule has 2 nitrogen and oxygen atoms in total. The molecule has 12 heavy (non-hydrogen) atoms. The summed E-state index contributed by atoms with van der Waals surface area (Å²) in [5.74, 6) is 0.694. The highest BCUT2D eigenvalue weighted by Crippen LogP contribution is 2.32. The lowest BCUT2D eigenvalue weighted by atomic mass is 9.64. The predicted octanol–water partition coefficient (Wildman–Crippen LogP) is 2.25. The number of hydrogen-bond donors (Lipinski definition) is 0. The van der Waals surface area contributed by atoms with E-state index in [0.717, 1.165) is 19.6 Å². The second-order valence-corrected chi connectivity index (χ2v) is 3.86. The van der Waals surface area contributed by atoms with Gasteiger partial charge in [0.1, 0.15) is 0 Å². The molecule has 2 fully saturated rings. The summed E-state index contributed by atoms with van der Waals surface area (Å²) in [6.07, 6.45) is 7.84. The fourth-order valence-corrected chi connectivity index (χ4v) is 2.18. The van der Waals surface area contributed by atoms with Crippen molar-refractivity contribution in [2.45, 2.75) is 44.3 Å². The predicted molar refractivity (Wildman–Crippen MR) is 49.1 cm³/mol. The minimum atomic E-state index is 0.138. The minimum absolute atomic E-state index is 0.138. The van der Waals surface area contributed by atoms with Crippen molar-refractivity contribution >= 4 is 7.12 Å². The molecule has 3 heteroatoms. The first-order valence-electron chi connectivity index (χ1n) is 5.20. The van der Waals surface area contributed by atoms with Crippen LogP contribution in [0.4, 0.5) is 0 Å². The van der Waals surface area contributed by atoms with Gasteiger partial charge in [-0.3, -0.25) is 0 Å². The normalized spacial score (nSPS) is 27.5. The Morgan fingerprint density at radius 3 is 2.17 bits per heavy atom. The quantitative estimate of drug-likeness (QED) is 0.559. The molecule has 1 saturated carbocycles. The van der Waals surface area contributed by atoms with E-state index in [4.69, 9.17) is 9.31 Å². The van der Waals surface area contributed by atoms with Gasteiger partial charge in [0.05, 0.1) is 0 Å². The topological polar surface area (TPSA) is 18.5 Å². The Bertz CT molecular complexity index is 112. The van der Waals surface area contributed by atoms with Gasteiger partial charge in [0, 0.05) is 13.2 Å². The molecular formula is C9H17BO2. The van der Waals surface area contributed by atoms with E-state index in [9.17, 15) is 0 Å². The van der Waals surface area contributed by atoms with Crippen molar-refractivity contribution in [2.24, 2.45) is 0 Å². The van der Waals surface area contributed by atoms with E-state index in [1.54, 1.807) is 0 Å². The monoisotopic (exact) mass is 168 g/mol. The Kier molecular flexibility index (Phi) is 3.06. The highest BCUT2D eigenvalue weighted by molar-refractivity contribution is 6.46. The maximum atomic E-state index is 5.60. The average molecular weight is 168 g/mol. The van der Waals surface area contributed by atoms with E-state index in [0.29, 0.717) is 5.82 Å². The van der Waals surface area contributed by atoms with Gasteiger partial charge < -0.3 is 9.31 Å². The van der Waals surface area contributed by atoms with E-state index < -0.39 is 0 Å². The summed E-state index contributed by atoms with van der Waals surface area (Å²) in [7, 11) is 0.138. The number of hydrogen-bond acceptors (Lipinski definition) is 2. The first kappa shape index (κ1) is 8.58. The zero-order valence-electron chi connectivity index (χ0n) is 7.63. The van der Waals surface area contributed by atoms with Gasteiger partial charge in [0.15, 0.2) is 0 Å². The molecular weight excluding hydrogens is 151 g/mol. The van der Waals surface area contributed by atoms with Crippen LogP contribution in [0.3, 0.4) is 0 Å². The molecule has 0 amide bonds. The van der Waals surface area contributed by atoms with Crippen molar-refractivity contribution in [3.63, 3.8) is 0 Å². The van der Waals surface area contributed by atoms with Gasteiger partial charge in [-0.2, -0.15) is 0 Å². The van der Waals surface area contributed by atoms with Crippen LogP contribution >= 0.6 is 0 Å². The summed E-state index contributed by atoms with van der Waals surface area (Å²) >= 11 is 0. The van der Waals surface area contributed by atoms with E-state index in [1.807, 2.05) is 0 Å².